The Hall–Kier alpha value is -1.28. The molecule has 2 heteroatoms. The van der Waals surface area contributed by atoms with Crippen LogP contribution in [0, 0.1) is 0 Å². The lowest BCUT2D eigenvalue weighted by Crippen LogP contribution is -2.00. The average Bonchev–Trinajstić information content (AvgIpc) is 2.24. The Kier molecular flexibility index (Phi) is 4.79. The molecule has 14 heavy (non-hydrogen) atoms. The van der Waals surface area contributed by atoms with Crippen LogP contribution in [0.4, 0.5) is 0 Å². The number of rotatable bonds is 5. The monoisotopic (exact) mass is 191 g/mol. The zero-order chi connectivity index (χ0) is 10.2. The fourth-order valence-corrected chi connectivity index (χ4v) is 1.41. The van der Waals surface area contributed by atoms with Crippen molar-refractivity contribution < 1.29 is 5.11 Å². The number of aliphatic hydroxyl groups excluding tert-OH is 1. The molecule has 1 aromatic rings. The Balaban J connectivity index is 2.59. The maximum atomic E-state index is 8.54. The Bertz CT molecular complexity index is 294. The van der Waals surface area contributed by atoms with Crippen LogP contribution in [0.2, 0.25) is 0 Å². The van der Waals surface area contributed by atoms with Crippen LogP contribution in [-0.2, 0) is 12.8 Å². The molecule has 3 N–H and O–H groups in total. The Labute approximate surface area is 85.1 Å². The van der Waals surface area contributed by atoms with Gasteiger partial charge in [0.15, 0.2) is 0 Å². The van der Waals surface area contributed by atoms with Crippen LogP contribution in [0.1, 0.15) is 17.5 Å². The van der Waals surface area contributed by atoms with Crippen LogP contribution in [0.15, 0.2) is 36.6 Å². The molecule has 0 heterocycles. The lowest BCUT2D eigenvalue weighted by molar-refractivity contribution is 0.471. The van der Waals surface area contributed by atoms with E-state index in [1.807, 2.05) is 6.07 Å². The highest BCUT2D eigenvalue weighted by atomic mass is 16.2. The van der Waals surface area contributed by atoms with Gasteiger partial charge in [-0.3, -0.25) is 0 Å². The van der Waals surface area contributed by atoms with Gasteiger partial charge in [0.25, 0.3) is 0 Å². The first-order chi connectivity index (χ1) is 6.86. The van der Waals surface area contributed by atoms with Gasteiger partial charge >= 0.3 is 0 Å². The summed E-state index contributed by atoms with van der Waals surface area (Å²) in [5, 5.41) is 8.54. The van der Waals surface area contributed by atoms with Gasteiger partial charge in [-0.2, -0.15) is 0 Å². The summed E-state index contributed by atoms with van der Waals surface area (Å²) in [6, 6.07) is 8.38. The largest absolute Gasteiger partial charge is 0.516 e. The summed E-state index contributed by atoms with van der Waals surface area (Å²) in [7, 11) is 0. The van der Waals surface area contributed by atoms with Crippen LogP contribution < -0.4 is 5.73 Å². The topological polar surface area (TPSA) is 46.2 Å². The molecule has 0 aromatic heterocycles. The second kappa shape index (κ2) is 6.22. The van der Waals surface area contributed by atoms with Gasteiger partial charge in [-0.25, -0.2) is 0 Å². The van der Waals surface area contributed by atoms with E-state index in [9.17, 15) is 0 Å². The quantitative estimate of drug-likeness (QED) is 0.701. The van der Waals surface area contributed by atoms with Gasteiger partial charge < -0.3 is 10.8 Å². The van der Waals surface area contributed by atoms with E-state index in [1.54, 1.807) is 6.08 Å². The predicted molar refractivity (Wildman–Crippen MR) is 59.3 cm³/mol. The van der Waals surface area contributed by atoms with E-state index in [0.29, 0.717) is 0 Å². The third-order valence-corrected chi connectivity index (χ3v) is 2.12. The second-order valence-electron chi connectivity index (χ2n) is 3.30. The number of allylic oxidation sites excluding steroid dienone is 1. The van der Waals surface area contributed by atoms with E-state index in [1.165, 1.54) is 11.1 Å². The van der Waals surface area contributed by atoms with Crippen LogP contribution in [0.5, 0.6) is 0 Å². The molecule has 0 aliphatic rings. The van der Waals surface area contributed by atoms with E-state index in [2.05, 4.69) is 18.2 Å². The predicted octanol–water partition coefficient (Wildman–Crippen LogP) is 2.19. The maximum Gasteiger partial charge on any atom is 0.0755 e. The van der Waals surface area contributed by atoms with E-state index >= 15 is 0 Å². The molecule has 0 bridgehead atoms. The third kappa shape index (κ3) is 3.62. The molecule has 0 aliphatic carbocycles. The maximum absolute atomic E-state index is 8.54. The SMILES string of the molecule is NCCCc1cccc(CC=CO)c1. The Morgan fingerprint density at radius 1 is 1.29 bits per heavy atom. The molecule has 0 amide bonds. The molecule has 0 saturated carbocycles. The van der Waals surface area contributed by atoms with Gasteiger partial charge in [-0.15, -0.1) is 0 Å². The molecule has 2 nitrogen and oxygen atoms in total. The molecule has 76 valence electrons. The summed E-state index contributed by atoms with van der Waals surface area (Å²) >= 11 is 0. The van der Waals surface area contributed by atoms with Crippen LogP contribution >= 0.6 is 0 Å². The zero-order valence-electron chi connectivity index (χ0n) is 8.32. The molecule has 0 unspecified atom stereocenters. The number of benzene rings is 1. The summed E-state index contributed by atoms with van der Waals surface area (Å²) in [4.78, 5) is 0. The van der Waals surface area contributed by atoms with Crippen LogP contribution in [0.3, 0.4) is 0 Å². The molecular formula is C12H17NO. The first kappa shape index (κ1) is 10.8. The average molecular weight is 191 g/mol. The summed E-state index contributed by atoms with van der Waals surface area (Å²) < 4.78 is 0. The standard InChI is InChI=1S/C12H17NO/c13-8-2-6-11-4-1-5-12(10-11)7-3-9-14/h1,3-5,9-10,14H,2,6-8,13H2. The molecule has 0 aliphatic heterocycles. The summed E-state index contributed by atoms with van der Waals surface area (Å²) in [5.74, 6) is 0. The van der Waals surface area contributed by atoms with Crippen molar-refractivity contribution in [3.63, 3.8) is 0 Å². The van der Waals surface area contributed by atoms with Gasteiger partial charge in [-0.1, -0.05) is 24.3 Å². The molecule has 0 radical (unpaired) electrons. The fraction of sp³-hybridized carbons (Fsp3) is 0.333. The highest BCUT2D eigenvalue weighted by Gasteiger charge is 1.94. The zero-order valence-corrected chi connectivity index (χ0v) is 8.32. The minimum Gasteiger partial charge on any atom is -0.516 e. The van der Waals surface area contributed by atoms with Crippen LogP contribution in [0.25, 0.3) is 0 Å². The minimum absolute atomic E-state index is 0.737. The molecule has 0 atom stereocenters. The Morgan fingerprint density at radius 2 is 2.07 bits per heavy atom. The lowest BCUT2D eigenvalue weighted by Gasteiger charge is -2.02. The number of nitrogens with two attached hydrogens (primary N) is 1. The Morgan fingerprint density at radius 3 is 2.79 bits per heavy atom. The van der Waals surface area contributed by atoms with E-state index < -0.39 is 0 Å². The smallest absolute Gasteiger partial charge is 0.0755 e. The van der Waals surface area contributed by atoms with Crippen molar-refractivity contribution in [2.24, 2.45) is 5.73 Å². The van der Waals surface area contributed by atoms with Crippen molar-refractivity contribution >= 4 is 0 Å². The summed E-state index contributed by atoms with van der Waals surface area (Å²) in [6.07, 6.45) is 5.67. The normalized spacial score (nSPS) is 10.9. The van der Waals surface area contributed by atoms with Gasteiger partial charge in [0, 0.05) is 0 Å². The van der Waals surface area contributed by atoms with Crippen molar-refractivity contribution in [2.75, 3.05) is 6.54 Å². The van der Waals surface area contributed by atoms with Gasteiger partial charge in [-0.05, 0) is 43.0 Å². The van der Waals surface area contributed by atoms with Gasteiger partial charge in [0.2, 0.25) is 0 Å². The highest BCUT2D eigenvalue weighted by Crippen LogP contribution is 2.08. The van der Waals surface area contributed by atoms with E-state index in [0.717, 1.165) is 32.1 Å². The van der Waals surface area contributed by atoms with Gasteiger partial charge in [0.1, 0.15) is 0 Å². The number of aryl methyl sites for hydroxylation is 1. The molecule has 1 rings (SSSR count). The van der Waals surface area contributed by atoms with Crippen molar-refractivity contribution in [1.82, 2.24) is 0 Å². The lowest BCUT2D eigenvalue weighted by atomic mass is 10.0. The van der Waals surface area contributed by atoms with E-state index in [4.69, 9.17) is 10.8 Å². The minimum atomic E-state index is 0.737. The molecule has 0 fully saturated rings. The van der Waals surface area contributed by atoms with Crippen molar-refractivity contribution in [2.45, 2.75) is 19.3 Å². The summed E-state index contributed by atoms with van der Waals surface area (Å²) in [6.45, 7) is 0.737. The van der Waals surface area contributed by atoms with Crippen molar-refractivity contribution in [1.29, 1.82) is 0 Å². The second-order valence-corrected chi connectivity index (χ2v) is 3.30. The molecule has 1 aromatic carbocycles. The van der Waals surface area contributed by atoms with Crippen LogP contribution in [-0.4, -0.2) is 11.7 Å². The molecule has 0 spiro atoms. The molecular weight excluding hydrogens is 174 g/mol. The van der Waals surface area contributed by atoms with Gasteiger partial charge in [0.05, 0.1) is 6.26 Å². The first-order valence-corrected chi connectivity index (χ1v) is 4.94. The summed E-state index contributed by atoms with van der Waals surface area (Å²) in [5.41, 5.74) is 8.00. The highest BCUT2D eigenvalue weighted by molar-refractivity contribution is 5.25. The number of hydrogen-bond donors (Lipinski definition) is 2. The first-order valence-electron chi connectivity index (χ1n) is 4.94. The number of aliphatic hydroxyl groups is 1. The van der Waals surface area contributed by atoms with Crippen molar-refractivity contribution in [3.05, 3.63) is 47.7 Å². The number of hydrogen-bond acceptors (Lipinski definition) is 2. The molecule has 0 saturated heterocycles. The van der Waals surface area contributed by atoms with Crippen molar-refractivity contribution in [3.8, 4) is 0 Å². The third-order valence-electron chi connectivity index (χ3n) is 2.12. The fourth-order valence-electron chi connectivity index (χ4n) is 1.41. The van der Waals surface area contributed by atoms with E-state index in [-0.39, 0.29) is 0 Å².